The van der Waals surface area contributed by atoms with E-state index < -0.39 is 23.9 Å². The number of benzene rings is 3. The third kappa shape index (κ3) is 6.03. The zero-order chi connectivity index (χ0) is 27.4. The lowest BCUT2D eigenvalue weighted by Gasteiger charge is -2.29. The molecule has 8 nitrogen and oxygen atoms in total. The van der Waals surface area contributed by atoms with Crippen LogP contribution in [0.1, 0.15) is 32.6 Å². The summed E-state index contributed by atoms with van der Waals surface area (Å²) in [7, 11) is 1.60. The highest BCUT2D eigenvalue weighted by Crippen LogP contribution is 2.20. The number of nitrogens with zero attached hydrogens (tertiary/aromatic N) is 1. The van der Waals surface area contributed by atoms with E-state index in [4.69, 9.17) is 11.5 Å². The van der Waals surface area contributed by atoms with Gasteiger partial charge in [-0.25, -0.2) is 0 Å². The molecule has 3 amide bonds. The van der Waals surface area contributed by atoms with Gasteiger partial charge < -0.3 is 26.7 Å². The van der Waals surface area contributed by atoms with E-state index in [0.717, 1.165) is 33.2 Å². The standard InChI is InChI=1S/C30H33N5O3/c1-18-12-19(2)14-21(13-18)30(38)35(3)27(15-20-8-10-23(31)11-9-20)29(37)34-26(28(32)36)16-22-17-33-25-7-5-4-6-24(22)25/h4-14,17,26-27,33H,15-16,31H2,1-3H3,(H2,32,36)(H,34,37)/t26-,27+/m0/s1. The predicted molar refractivity (Wildman–Crippen MR) is 149 cm³/mol. The van der Waals surface area contributed by atoms with Gasteiger partial charge in [0.2, 0.25) is 11.8 Å². The number of carbonyl (C=O) groups is 3. The van der Waals surface area contributed by atoms with Crippen molar-refractivity contribution < 1.29 is 14.4 Å². The Morgan fingerprint density at radius 1 is 0.947 bits per heavy atom. The number of nitrogens with two attached hydrogens (primary N) is 2. The molecule has 0 radical (unpaired) electrons. The van der Waals surface area contributed by atoms with Gasteiger partial charge in [0.15, 0.2) is 0 Å². The molecule has 0 saturated heterocycles. The van der Waals surface area contributed by atoms with Crippen LogP contribution in [0.2, 0.25) is 0 Å². The van der Waals surface area contributed by atoms with Gasteiger partial charge in [0.25, 0.3) is 5.91 Å². The van der Waals surface area contributed by atoms with Crippen molar-refractivity contribution >= 4 is 34.3 Å². The Morgan fingerprint density at radius 3 is 2.26 bits per heavy atom. The summed E-state index contributed by atoms with van der Waals surface area (Å²) in [5, 5.41) is 3.77. The van der Waals surface area contributed by atoms with E-state index in [9.17, 15) is 14.4 Å². The van der Waals surface area contributed by atoms with E-state index in [2.05, 4.69) is 10.3 Å². The smallest absolute Gasteiger partial charge is 0.254 e. The number of fused-ring (bicyclic) bond motifs is 1. The molecule has 38 heavy (non-hydrogen) atoms. The molecule has 0 aliphatic rings. The Bertz CT molecular complexity index is 1450. The molecule has 0 saturated carbocycles. The summed E-state index contributed by atoms with van der Waals surface area (Å²) in [4.78, 5) is 44.2. The van der Waals surface area contributed by atoms with Gasteiger partial charge in [-0.1, -0.05) is 47.5 Å². The Kier molecular flexibility index (Phi) is 7.81. The molecule has 196 valence electrons. The minimum Gasteiger partial charge on any atom is -0.399 e. The molecule has 3 aromatic carbocycles. The van der Waals surface area contributed by atoms with Gasteiger partial charge in [-0.05, 0) is 55.3 Å². The monoisotopic (exact) mass is 511 g/mol. The van der Waals surface area contributed by atoms with Crippen LogP contribution >= 0.6 is 0 Å². The molecular formula is C30H33N5O3. The highest BCUT2D eigenvalue weighted by atomic mass is 16.2. The third-order valence-corrected chi connectivity index (χ3v) is 6.73. The Hall–Kier alpha value is -4.59. The number of hydrogen-bond acceptors (Lipinski definition) is 4. The highest BCUT2D eigenvalue weighted by molar-refractivity contribution is 5.98. The first-order valence-electron chi connectivity index (χ1n) is 12.5. The number of carbonyl (C=O) groups excluding carboxylic acids is 3. The van der Waals surface area contributed by atoms with Gasteiger partial charge in [-0.15, -0.1) is 0 Å². The molecule has 0 aliphatic heterocycles. The summed E-state index contributed by atoms with van der Waals surface area (Å²) in [5.74, 6) is -1.41. The van der Waals surface area contributed by atoms with Gasteiger partial charge in [0.05, 0.1) is 0 Å². The van der Waals surface area contributed by atoms with Gasteiger partial charge in [0, 0.05) is 48.2 Å². The summed E-state index contributed by atoms with van der Waals surface area (Å²) in [6.45, 7) is 3.84. The summed E-state index contributed by atoms with van der Waals surface area (Å²) >= 11 is 0. The van der Waals surface area contributed by atoms with Crippen molar-refractivity contribution in [2.75, 3.05) is 12.8 Å². The van der Waals surface area contributed by atoms with Crippen LogP contribution < -0.4 is 16.8 Å². The molecule has 0 fully saturated rings. The second-order valence-corrected chi connectivity index (χ2v) is 9.78. The van der Waals surface area contributed by atoms with Crippen LogP contribution in [0.5, 0.6) is 0 Å². The van der Waals surface area contributed by atoms with Crippen molar-refractivity contribution in [2.24, 2.45) is 5.73 Å². The number of anilines is 1. The van der Waals surface area contributed by atoms with E-state index in [0.29, 0.717) is 11.3 Å². The van der Waals surface area contributed by atoms with Gasteiger partial charge in [0.1, 0.15) is 12.1 Å². The van der Waals surface area contributed by atoms with Crippen molar-refractivity contribution in [3.05, 3.63) is 101 Å². The zero-order valence-corrected chi connectivity index (χ0v) is 21.8. The number of H-pyrrole nitrogens is 1. The number of aromatic amines is 1. The SMILES string of the molecule is Cc1cc(C)cc(C(=O)N(C)[C@H](Cc2ccc(N)cc2)C(=O)N[C@@H](Cc2c[nH]c3ccccc23)C(N)=O)c1. The first-order chi connectivity index (χ1) is 18.1. The quantitative estimate of drug-likeness (QED) is 0.257. The highest BCUT2D eigenvalue weighted by Gasteiger charge is 2.31. The maximum absolute atomic E-state index is 13.7. The van der Waals surface area contributed by atoms with Gasteiger partial charge in [-0.2, -0.15) is 0 Å². The summed E-state index contributed by atoms with van der Waals surface area (Å²) < 4.78 is 0. The van der Waals surface area contributed by atoms with Gasteiger partial charge in [-0.3, -0.25) is 14.4 Å². The molecule has 0 unspecified atom stereocenters. The van der Waals surface area contributed by atoms with Crippen molar-refractivity contribution in [3.8, 4) is 0 Å². The van der Waals surface area contributed by atoms with Crippen LogP contribution in [0.3, 0.4) is 0 Å². The van der Waals surface area contributed by atoms with Crippen LogP contribution in [0, 0.1) is 13.8 Å². The summed E-state index contributed by atoms with van der Waals surface area (Å²) in [6.07, 6.45) is 2.26. The fourth-order valence-corrected chi connectivity index (χ4v) is 4.74. The molecule has 1 aromatic heterocycles. The van der Waals surface area contributed by atoms with E-state index in [1.165, 1.54) is 4.90 Å². The number of para-hydroxylation sites is 1. The number of amides is 3. The minimum absolute atomic E-state index is 0.217. The number of aryl methyl sites for hydroxylation is 2. The lowest BCUT2D eigenvalue weighted by molar-refractivity contribution is -0.130. The maximum atomic E-state index is 13.7. The second-order valence-electron chi connectivity index (χ2n) is 9.78. The largest absolute Gasteiger partial charge is 0.399 e. The van der Waals surface area contributed by atoms with Crippen molar-refractivity contribution in [1.29, 1.82) is 0 Å². The number of nitrogen functional groups attached to an aromatic ring is 1. The van der Waals surface area contributed by atoms with E-state index >= 15 is 0 Å². The third-order valence-electron chi connectivity index (χ3n) is 6.73. The van der Waals surface area contributed by atoms with Crippen LogP contribution in [0.15, 0.2) is 72.9 Å². The lowest BCUT2D eigenvalue weighted by Crippen LogP contribution is -2.54. The van der Waals surface area contributed by atoms with Crippen LogP contribution in [0.25, 0.3) is 10.9 Å². The topological polar surface area (TPSA) is 134 Å². The Labute approximate surface area is 222 Å². The number of rotatable bonds is 9. The number of likely N-dealkylation sites (N-methyl/N-ethyl adjacent to an activating group) is 1. The maximum Gasteiger partial charge on any atom is 0.254 e. The van der Waals surface area contributed by atoms with E-state index in [1.54, 1.807) is 31.3 Å². The molecule has 0 aliphatic carbocycles. The Balaban J connectivity index is 1.61. The number of nitrogens with one attached hydrogen (secondary N) is 2. The molecule has 0 spiro atoms. The molecule has 2 atom stereocenters. The number of aromatic nitrogens is 1. The zero-order valence-electron chi connectivity index (χ0n) is 21.8. The average Bonchev–Trinajstić information content (AvgIpc) is 3.29. The minimum atomic E-state index is -0.958. The predicted octanol–water partition coefficient (Wildman–Crippen LogP) is 3.26. The van der Waals surface area contributed by atoms with Crippen LogP contribution in [0.4, 0.5) is 5.69 Å². The molecule has 0 bridgehead atoms. The molecule has 8 heteroatoms. The molecule has 4 rings (SSSR count). The van der Waals surface area contributed by atoms with E-state index in [1.807, 2.05) is 62.5 Å². The molecule has 1 heterocycles. The normalized spacial score (nSPS) is 12.6. The number of primary amides is 1. The van der Waals surface area contributed by atoms with Crippen molar-refractivity contribution in [3.63, 3.8) is 0 Å². The molecule has 6 N–H and O–H groups in total. The van der Waals surface area contributed by atoms with Crippen molar-refractivity contribution in [1.82, 2.24) is 15.2 Å². The Morgan fingerprint density at radius 2 is 1.61 bits per heavy atom. The fraction of sp³-hybridized carbons (Fsp3) is 0.233. The molecular weight excluding hydrogens is 478 g/mol. The van der Waals surface area contributed by atoms with Crippen molar-refractivity contribution in [2.45, 2.75) is 38.8 Å². The van der Waals surface area contributed by atoms with Crippen LogP contribution in [-0.2, 0) is 22.4 Å². The molecule has 4 aromatic rings. The summed E-state index contributed by atoms with van der Waals surface area (Å²) in [5.41, 5.74) is 17.2. The lowest BCUT2D eigenvalue weighted by atomic mass is 10.00. The summed E-state index contributed by atoms with van der Waals surface area (Å²) in [6, 6.07) is 18.6. The fourth-order valence-electron chi connectivity index (χ4n) is 4.74. The number of hydrogen-bond donors (Lipinski definition) is 4. The second kappa shape index (κ2) is 11.2. The average molecular weight is 512 g/mol. The van der Waals surface area contributed by atoms with E-state index in [-0.39, 0.29) is 18.7 Å². The van der Waals surface area contributed by atoms with Gasteiger partial charge >= 0.3 is 0 Å². The van der Waals surface area contributed by atoms with Crippen LogP contribution in [-0.4, -0.2) is 46.7 Å². The first-order valence-corrected chi connectivity index (χ1v) is 12.5. The first kappa shape index (κ1) is 26.5.